The molecule has 1 saturated heterocycles. The van der Waals surface area contributed by atoms with Crippen molar-refractivity contribution in [3.05, 3.63) is 11.5 Å². The smallest absolute Gasteiger partial charge is 0.465 e. The number of allylic oxidation sites excluding steroid dienone is 1. The van der Waals surface area contributed by atoms with Gasteiger partial charge in [-0.05, 0) is 60.3 Å². The Labute approximate surface area is 202 Å². The molecule has 33 heavy (non-hydrogen) atoms. The summed E-state index contributed by atoms with van der Waals surface area (Å²) in [6, 6.07) is 4.60. The van der Waals surface area contributed by atoms with E-state index < -0.39 is 43.7 Å². The van der Waals surface area contributed by atoms with Crippen LogP contribution in [0.3, 0.4) is 0 Å². The lowest BCUT2D eigenvalue weighted by Gasteiger charge is -2.32. The Kier molecular flexibility index (Phi) is 9.08. The second-order valence-corrected chi connectivity index (χ2v) is 16.3. The van der Waals surface area contributed by atoms with Crippen LogP contribution in [0, 0.1) is 11.3 Å². The van der Waals surface area contributed by atoms with Gasteiger partial charge in [0.15, 0.2) is 5.41 Å². The monoisotopic (exact) mass is 480 g/mol. The summed E-state index contributed by atoms with van der Waals surface area (Å²) in [5.41, 5.74) is -1.11. The number of hydrogen-bond acceptors (Lipinski definition) is 6. The highest BCUT2D eigenvalue weighted by Crippen LogP contribution is 2.52. The third-order valence-electron chi connectivity index (χ3n) is 8.51. The Morgan fingerprint density at radius 3 is 1.79 bits per heavy atom. The van der Waals surface area contributed by atoms with Gasteiger partial charge in [0.2, 0.25) is 0 Å². The molecular weight excluding hydrogens is 435 g/mol. The zero-order valence-corrected chi connectivity index (χ0v) is 23.3. The van der Waals surface area contributed by atoms with Gasteiger partial charge in [-0.15, -0.1) is 0 Å². The molecule has 1 unspecified atom stereocenters. The lowest BCUT2D eigenvalue weighted by molar-refractivity contribution is -0.171. The Hall–Kier alpha value is -1.12. The highest BCUT2D eigenvalue weighted by molar-refractivity contribution is 6.79. The van der Waals surface area contributed by atoms with Crippen LogP contribution in [0.1, 0.15) is 75.2 Å². The van der Waals surface area contributed by atoms with E-state index in [2.05, 4.69) is 20.8 Å². The zero-order valence-electron chi connectivity index (χ0n) is 22.3. The van der Waals surface area contributed by atoms with Gasteiger partial charge < -0.3 is 18.8 Å². The Morgan fingerprint density at radius 2 is 1.39 bits per heavy atom. The van der Waals surface area contributed by atoms with Crippen molar-refractivity contribution >= 4 is 27.1 Å². The average molecular weight is 481 g/mol. The molecule has 8 heteroatoms. The molecule has 2 aliphatic rings. The molecule has 0 N–H and O–H groups in total. The summed E-state index contributed by atoms with van der Waals surface area (Å²) >= 11 is 0. The molecule has 2 rings (SSSR count). The fourth-order valence-electron chi connectivity index (χ4n) is 5.28. The van der Waals surface area contributed by atoms with Crippen molar-refractivity contribution in [2.45, 2.75) is 111 Å². The predicted molar refractivity (Wildman–Crippen MR) is 135 cm³/mol. The Bertz CT molecular complexity index is 701. The summed E-state index contributed by atoms with van der Waals surface area (Å²) in [6.45, 7) is 19.0. The van der Waals surface area contributed by atoms with E-state index in [4.69, 9.17) is 18.8 Å². The number of carbonyl (C=O) groups excluding carboxylic acids is 2. The second kappa shape index (κ2) is 10.7. The van der Waals surface area contributed by atoms with Crippen molar-refractivity contribution in [3.8, 4) is 0 Å². The summed E-state index contributed by atoms with van der Waals surface area (Å²) in [5, 5.41) is 0. The normalized spacial score (nSPS) is 24.8. The van der Waals surface area contributed by atoms with Gasteiger partial charge in [-0.2, -0.15) is 0 Å². The standard InChI is InChI=1S/C25H45BO6Si/c1-10-29-21(27)25(22(28)30-11-2)15-19(17-26-31-23(6,7)24(8,9)32-26)20(16-25)18-33(12-3,13-4)14-5/h17,20H,10-16,18H2,1-9H3. The molecule has 6 nitrogen and oxygen atoms in total. The van der Waals surface area contributed by atoms with Crippen LogP contribution in [-0.4, -0.2) is 51.5 Å². The van der Waals surface area contributed by atoms with Gasteiger partial charge in [0.25, 0.3) is 0 Å². The van der Waals surface area contributed by atoms with Crippen LogP contribution in [0.5, 0.6) is 0 Å². The highest BCUT2D eigenvalue weighted by Gasteiger charge is 2.58. The maximum atomic E-state index is 13.2. The number of carbonyl (C=O) groups is 2. The molecule has 188 valence electrons. The van der Waals surface area contributed by atoms with E-state index >= 15 is 0 Å². The fourth-order valence-corrected chi connectivity index (χ4v) is 9.10. The third kappa shape index (κ3) is 5.59. The fraction of sp³-hybridized carbons (Fsp3) is 0.840. The van der Waals surface area contributed by atoms with Crippen LogP contribution in [0.2, 0.25) is 24.2 Å². The SMILES string of the molecule is CCOC(=O)C1(C(=O)OCC)CC(=CB2OC(C)(C)C(C)(C)O2)C(C[Si](CC)(CC)CC)C1. The maximum Gasteiger partial charge on any atom is 0.487 e. The van der Waals surface area contributed by atoms with E-state index in [1.165, 1.54) is 18.1 Å². The van der Waals surface area contributed by atoms with Crippen LogP contribution in [-0.2, 0) is 28.4 Å². The molecule has 0 spiro atoms. The van der Waals surface area contributed by atoms with Crippen molar-refractivity contribution in [1.82, 2.24) is 0 Å². The molecule has 0 aromatic rings. The quantitative estimate of drug-likeness (QED) is 0.231. The number of esters is 2. The highest BCUT2D eigenvalue weighted by atomic mass is 28.3. The van der Waals surface area contributed by atoms with Gasteiger partial charge >= 0.3 is 19.1 Å². The first-order valence-corrected chi connectivity index (χ1v) is 15.6. The first-order chi connectivity index (χ1) is 15.4. The van der Waals surface area contributed by atoms with Gasteiger partial charge in [-0.25, -0.2) is 0 Å². The molecule has 1 saturated carbocycles. The second-order valence-electron chi connectivity index (χ2n) is 10.7. The van der Waals surface area contributed by atoms with E-state index in [0.29, 0.717) is 12.8 Å². The van der Waals surface area contributed by atoms with E-state index in [9.17, 15) is 9.59 Å². The van der Waals surface area contributed by atoms with E-state index in [0.717, 1.165) is 11.6 Å². The van der Waals surface area contributed by atoms with Gasteiger partial charge in [-0.1, -0.05) is 56.5 Å². The first kappa shape index (κ1) is 28.1. The van der Waals surface area contributed by atoms with Crippen molar-refractivity contribution in [2.75, 3.05) is 13.2 Å². The van der Waals surface area contributed by atoms with Crippen molar-refractivity contribution in [1.29, 1.82) is 0 Å². The minimum absolute atomic E-state index is 0.115. The maximum absolute atomic E-state index is 13.2. The van der Waals surface area contributed by atoms with E-state index in [1.807, 2.05) is 33.7 Å². The molecular formula is C25H45BO6Si. The van der Waals surface area contributed by atoms with Gasteiger partial charge in [-0.3, -0.25) is 9.59 Å². The molecule has 2 fully saturated rings. The molecule has 1 aliphatic carbocycles. The van der Waals surface area contributed by atoms with E-state index in [-0.39, 0.29) is 19.1 Å². The molecule has 1 atom stereocenters. The predicted octanol–water partition coefficient (Wildman–Crippen LogP) is 5.58. The summed E-state index contributed by atoms with van der Waals surface area (Å²) in [6.07, 6.45) is 0.742. The minimum Gasteiger partial charge on any atom is -0.465 e. The first-order valence-electron chi connectivity index (χ1n) is 12.8. The lowest BCUT2D eigenvalue weighted by Crippen LogP contribution is -2.41. The minimum atomic E-state index is -1.53. The molecule has 0 bridgehead atoms. The van der Waals surface area contributed by atoms with Gasteiger partial charge in [0.1, 0.15) is 0 Å². The van der Waals surface area contributed by atoms with Crippen LogP contribution >= 0.6 is 0 Å². The average Bonchev–Trinajstić information content (AvgIpc) is 3.20. The Morgan fingerprint density at radius 1 is 0.939 bits per heavy atom. The number of ether oxygens (including phenoxy) is 2. The van der Waals surface area contributed by atoms with Crippen LogP contribution in [0.25, 0.3) is 0 Å². The van der Waals surface area contributed by atoms with Crippen molar-refractivity contribution in [2.24, 2.45) is 11.3 Å². The molecule has 0 amide bonds. The number of hydrogen-bond donors (Lipinski definition) is 0. The van der Waals surface area contributed by atoms with Crippen LogP contribution < -0.4 is 0 Å². The molecule has 0 aromatic heterocycles. The summed E-state index contributed by atoms with van der Waals surface area (Å²) < 4.78 is 23.3. The van der Waals surface area contributed by atoms with Crippen molar-refractivity contribution < 1.29 is 28.4 Å². The molecule has 1 heterocycles. The van der Waals surface area contributed by atoms with Crippen LogP contribution in [0.4, 0.5) is 0 Å². The summed E-state index contributed by atoms with van der Waals surface area (Å²) in [7, 11) is -2.04. The van der Waals surface area contributed by atoms with Gasteiger partial charge in [0.05, 0.1) is 32.5 Å². The Balaban J connectivity index is 2.51. The topological polar surface area (TPSA) is 71.1 Å². The summed E-state index contributed by atoms with van der Waals surface area (Å²) in [5.74, 6) is 1.20. The summed E-state index contributed by atoms with van der Waals surface area (Å²) in [4.78, 5) is 26.4. The lowest BCUT2D eigenvalue weighted by atomic mass is 9.83. The van der Waals surface area contributed by atoms with E-state index in [1.54, 1.807) is 13.8 Å². The molecule has 1 aliphatic heterocycles. The van der Waals surface area contributed by atoms with Gasteiger partial charge in [0, 0.05) is 0 Å². The zero-order chi connectivity index (χ0) is 25.1. The largest absolute Gasteiger partial charge is 0.487 e. The number of rotatable bonds is 10. The third-order valence-corrected chi connectivity index (χ3v) is 14.4. The molecule has 0 radical (unpaired) electrons. The molecule has 0 aromatic carbocycles. The van der Waals surface area contributed by atoms with Crippen molar-refractivity contribution in [3.63, 3.8) is 0 Å². The van der Waals surface area contributed by atoms with Crippen LogP contribution in [0.15, 0.2) is 11.5 Å².